The number of Topliss-reactive ketones (excluding diaryl/α,β-unsaturated/α-hetero) is 1. The first-order chi connectivity index (χ1) is 9.55. The van der Waals surface area contributed by atoms with E-state index in [0.29, 0.717) is 6.42 Å². The Morgan fingerprint density at radius 1 is 1.40 bits per heavy atom. The lowest BCUT2D eigenvalue weighted by Crippen LogP contribution is -2.52. The number of carbonyl (C=O) groups excluding carboxylic acids is 1. The van der Waals surface area contributed by atoms with Gasteiger partial charge >= 0.3 is 0 Å². The number of imidazole rings is 1. The average molecular weight is 293 g/mol. The van der Waals surface area contributed by atoms with Gasteiger partial charge in [-0.15, -0.1) is 11.3 Å². The minimum atomic E-state index is -0.388. The third kappa shape index (κ3) is 2.65. The lowest BCUT2D eigenvalue weighted by atomic mass is 9.88. The standard InChI is InChI=1S/C15H23N3OS/c1-5-15(4,18(6-2)7-3)13(19)10-12-11-17-8-9-20-14(17)16-12/h8-9,11H,5-7,10H2,1-4H3. The summed E-state index contributed by atoms with van der Waals surface area (Å²) >= 11 is 1.59. The van der Waals surface area contributed by atoms with Gasteiger partial charge in [-0.3, -0.25) is 14.1 Å². The van der Waals surface area contributed by atoms with Crippen molar-refractivity contribution in [2.45, 2.75) is 46.1 Å². The molecule has 1 atom stereocenters. The molecule has 0 N–H and O–H groups in total. The molecular weight excluding hydrogens is 270 g/mol. The average Bonchev–Trinajstić information content (AvgIpc) is 3.00. The van der Waals surface area contributed by atoms with E-state index in [1.54, 1.807) is 11.3 Å². The molecule has 2 aromatic heterocycles. The number of carbonyl (C=O) groups is 1. The second-order valence-electron chi connectivity index (χ2n) is 5.22. The van der Waals surface area contributed by atoms with Crippen LogP contribution in [0.2, 0.25) is 0 Å². The first kappa shape index (κ1) is 15.2. The molecule has 0 aromatic carbocycles. The van der Waals surface area contributed by atoms with Gasteiger partial charge in [-0.2, -0.15) is 0 Å². The van der Waals surface area contributed by atoms with Gasteiger partial charge in [0.15, 0.2) is 10.7 Å². The number of fused-ring (bicyclic) bond motifs is 1. The normalized spacial score (nSPS) is 14.8. The minimum absolute atomic E-state index is 0.259. The van der Waals surface area contributed by atoms with Gasteiger partial charge in [-0.25, -0.2) is 4.98 Å². The molecule has 1 unspecified atom stereocenters. The number of ketones is 1. The maximum absolute atomic E-state index is 12.7. The number of rotatable bonds is 7. The van der Waals surface area contributed by atoms with Crippen LogP contribution in [0.3, 0.4) is 0 Å². The zero-order chi connectivity index (χ0) is 14.8. The Morgan fingerprint density at radius 2 is 2.10 bits per heavy atom. The van der Waals surface area contributed by atoms with E-state index in [2.05, 4.69) is 37.6 Å². The fourth-order valence-corrected chi connectivity index (χ4v) is 3.45. The molecule has 0 fully saturated rings. The van der Waals surface area contributed by atoms with Crippen LogP contribution in [-0.2, 0) is 11.2 Å². The molecular formula is C15H23N3OS. The van der Waals surface area contributed by atoms with Crippen molar-refractivity contribution in [2.24, 2.45) is 0 Å². The molecule has 0 aliphatic rings. The molecule has 0 spiro atoms. The van der Waals surface area contributed by atoms with Gasteiger partial charge in [-0.05, 0) is 26.4 Å². The van der Waals surface area contributed by atoms with Crippen LogP contribution < -0.4 is 0 Å². The second kappa shape index (κ2) is 6.06. The molecule has 0 bridgehead atoms. The first-order valence-electron chi connectivity index (χ1n) is 7.24. The van der Waals surface area contributed by atoms with E-state index in [1.807, 2.05) is 22.2 Å². The summed E-state index contributed by atoms with van der Waals surface area (Å²) in [6.45, 7) is 10.1. The molecule has 4 nitrogen and oxygen atoms in total. The number of nitrogens with zero attached hydrogens (tertiary/aromatic N) is 3. The summed E-state index contributed by atoms with van der Waals surface area (Å²) in [5.74, 6) is 0.259. The summed E-state index contributed by atoms with van der Waals surface area (Å²) < 4.78 is 1.98. The van der Waals surface area contributed by atoms with Gasteiger partial charge in [0.2, 0.25) is 0 Å². The van der Waals surface area contributed by atoms with E-state index < -0.39 is 0 Å². The highest BCUT2D eigenvalue weighted by Crippen LogP contribution is 2.23. The molecule has 2 rings (SSSR count). The van der Waals surface area contributed by atoms with Gasteiger partial charge in [0.25, 0.3) is 0 Å². The van der Waals surface area contributed by atoms with Crippen LogP contribution in [0, 0.1) is 0 Å². The summed E-state index contributed by atoms with van der Waals surface area (Å²) in [5.41, 5.74) is 0.481. The van der Waals surface area contributed by atoms with Gasteiger partial charge in [0.05, 0.1) is 17.7 Å². The maximum atomic E-state index is 12.7. The van der Waals surface area contributed by atoms with Crippen LogP contribution in [0.25, 0.3) is 4.96 Å². The highest BCUT2D eigenvalue weighted by Gasteiger charge is 2.35. The van der Waals surface area contributed by atoms with E-state index in [4.69, 9.17) is 0 Å². The quantitative estimate of drug-likeness (QED) is 0.787. The van der Waals surface area contributed by atoms with Crippen LogP contribution >= 0.6 is 11.3 Å². The Labute approximate surface area is 124 Å². The second-order valence-corrected chi connectivity index (χ2v) is 6.10. The van der Waals surface area contributed by atoms with Crippen molar-refractivity contribution in [1.82, 2.24) is 14.3 Å². The molecule has 20 heavy (non-hydrogen) atoms. The molecule has 0 aliphatic carbocycles. The number of hydrogen-bond donors (Lipinski definition) is 0. The molecule has 2 aromatic rings. The zero-order valence-corrected chi connectivity index (χ0v) is 13.5. The molecule has 0 saturated heterocycles. The number of thiazole rings is 1. The molecule has 0 radical (unpaired) electrons. The SMILES string of the molecule is CCN(CC)C(C)(CC)C(=O)Cc1cn2ccsc2n1. The van der Waals surface area contributed by atoms with Crippen molar-refractivity contribution in [3.63, 3.8) is 0 Å². The summed E-state index contributed by atoms with van der Waals surface area (Å²) in [5, 5.41) is 2.00. The van der Waals surface area contributed by atoms with Gasteiger partial charge in [0, 0.05) is 17.8 Å². The molecule has 0 aliphatic heterocycles. The van der Waals surface area contributed by atoms with Gasteiger partial charge < -0.3 is 0 Å². The number of likely N-dealkylation sites (N-methyl/N-ethyl adjacent to an activating group) is 1. The van der Waals surface area contributed by atoms with Gasteiger partial charge in [-0.1, -0.05) is 20.8 Å². The predicted molar refractivity (Wildman–Crippen MR) is 83.4 cm³/mol. The Balaban J connectivity index is 2.18. The topological polar surface area (TPSA) is 37.6 Å². The van der Waals surface area contributed by atoms with Crippen molar-refractivity contribution in [3.8, 4) is 0 Å². The highest BCUT2D eigenvalue weighted by molar-refractivity contribution is 7.15. The summed E-state index contributed by atoms with van der Waals surface area (Å²) in [4.78, 5) is 20.4. The van der Waals surface area contributed by atoms with E-state index in [-0.39, 0.29) is 11.3 Å². The maximum Gasteiger partial charge on any atom is 0.193 e. The van der Waals surface area contributed by atoms with Crippen LogP contribution in [0.1, 0.15) is 39.8 Å². The van der Waals surface area contributed by atoms with Crippen molar-refractivity contribution in [3.05, 3.63) is 23.5 Å². The van der Waals surface area contributed by atoms with E-state index >= 15 is 0 Å². The first-order valence-corrected chi connectivity index (χ1v) is 8.12. The van der Waals surface area contributed by atoms with Crippen LogP contribution in [-0.4, -0.2) is 38.7 Å². The van der Waals surface area contributed by atoms with Crippen molar-refractivity contribution >= 4 is 22.1 Å². The smallest absolute Gasteiger partial charge is 0.193 e. The largest absolute Gasteiger partial charge is 0.297 e. The molecule has 110 valence electrons. The van der Waals surface area contributed by atoms with E-state index in [1.165, 1.54) is 0 Å². The highest BCUT2D eigenvalue weighted by atomic mass is 32.1. The van der Waals surface area contributed by atoms with Crippen molar-refractivity contribution < 1.29 is 4.79 Å². The van der Waals surface area contributed by atoms with Crippen LogP contribution in [0.5, 0.6) is 0 Å². The third-order valence-electron chi connectivity index (χ3n) is 4.24. The number of aromatic nitrogens is 2. The minimum Gasteiger partial charge on any atom is -0.297 e. The lowest BCUT2D eigenvalue weighted by Gasteiger charge is -2.38. The molecule has 5 heteroatoms. The monoisotopic (exact) mass is 293 g/mol. The Morgan fingerprint density at radius 3 is 2.65 bits per heavy atom. The molecule has 0 saturated carbocycles. The fraction of sp³-hybridized carbons (Fsp3) is 0.600. The fourth-order valence-electron chi connectivity index (χ4n) is 2.73. The molecule has 0 amide bonds. The lowest BCUT2D eigenvalue weighted by molar-refractivity contribution is -0.129. The Kier molecular flexibility index (Phi) is 4.60. The van der Waals surface area contributed by atoms with Gasteiger partial charge in [0.1, 0.15) is 0 Å². The summed E-state index contributed by atoms with van der Waals surface area (Å²) in [7, 11) is 0. The molecule has 2 heterocycles. The summed E-state index contributed by atoms with van der Waals surface area (Å²) in [6, 6.07) is 0. The van der Waals surface area contributed by atoms with Crippen molar-refractivity contribution in [1.29, 1.82) is 0 Å². The van der Waals surface area contributed by atoms with E-state index in [9.17, 15) is 4.79 Å². The number of hydrogen-bond acceptors (Lipinski definition) is 4. The zero-order valence-electron chi connectivity index (χ0n) is 12.7. The summed E-state index contributed by atoms with van der Waals surface area (Å²) in [6.07, 6.45) is 5.18. The van der Waals surface area contributed by atoms with Crippen LogP contribution in [0.4, 0.5) is 0 Å². The van der Waals surface area contributed by atoms with E-state index in [0.717, 1.165) is 30.2 Å². The third-order valence-corrected chi connectivity index (χ3v) is 5.01. The predicted octanol–water partition coefficient (Wildman–Crippen LogP) is 3.02. The Bertz CT molecular complexity index is 556. The van der Waals surface area contributed by atoms with Crippen molar-refractivity contribution in [2.75, 3.05) is 13.1 Å². The van der Waals surface area contributed by atoms with Crippen LogP contribution in [0.15, 0.2) is 17.8 Å². The Hall–Kier alpha value is -1.20.